The van der Waals surface area contributed by atoms with Gasteiger partial charge in [-0.3, -0.25) is 0 Å². The summed E-state index contributed by atoms with van der Waals surface area (Å²) >= 11 is 0. The molecule has 0 aromatic carbocycles. The maximum Gasteiger partial charge on any atom is 0.0537 e. The van der Waals surface area contributed by atoms with E-state index in [0.29, 0.717) is 5.92 Å². The lowest BCUT2D eigenvalue weighted by Gasteiger charge is -2.09. The van der Waals surface area contributed by atoms with Gasteiger partial charge in [-0.25, -0.2) is 0 Å². The summed E-state index contributed by atoms with van der Waals surface area (Å²) in [5, 5.41) is 8.82. The SMILES string of the molecule is CCC(C)[C@H](C)O. The van der Waals surface area contributed by atoms with Gasteiger partial charge in [0, 0.05) is 0 Å². The minimum absolute atomic E-state index is 0.134. The van der Waals surface area contributed by atoms with Crippen LogP contribution in [-0.4, -0.2) is 11.2 Å². The van der Waals surface area contributed by atoms with Crippen LogP contribution in [0, 0.1) is 5.92 Å². The van der Waals surface area contributed by atoms with Gasteiger partial charge in [-0.1, -0.05) is 20.3 Å². The predicted molar refractivity (Wildman–Crippen MR) is 31.1 cm³/mol. The monoisotopic (exact) mass is 102 g/mol. The quantitative estimate of drug-likeness (QED) is 0.559. The zero-order valence-corrected chi connectivity index (χ0v) is 5.31. The first-order chi connectivity index (χ1) is 3.18. The summed E-state index contributed by atoms with van der Waals surface area (Å²) in [5.41, 5.74) is 0. The van der Waals surface area contributed by atoms with Gasteiger partial charge in [0.15, 0.2) is 0 Å². The Morgan fingerprint density at radius 3 is 1.86 bits per heavy atom. The van der Waals surface area contributed by atoms with Gasteiger partial charge in [0.1, 0.15) is 0 Å². The lowest BCUT2D eigenvalue weighted by Crippen LogP contribution is -2.10. The van der Waals surface area contributed by atoms with Crippen molar-refractivity contribution in [1.82, 2.24) is 0 Å². The fraction of sp³-hybridized carbons (Fsp3) is 1.00. The van der Waals surface area contributed by atoms with Crippen molar-refractivity contribution in [3.8, 4) is 0 Å². The van der Waals surface area contributed by atoms with E-state index in [-0.39, 0.29) is 6.10 Å². The molecule has 0 aromatic heterocycles. The summed E-state index contributed by atoms with van der Waals surface area (Å²) in [6.45, 7) is 5.95. The Morgan fingerprint density at radius 1 is 1.43 bits per heavy atom. The Balaban J connectivity index is 3.14. The Morgan fingerprint density at radius 2 is 1.86 bits per heavy atom. The van der Waals surface area contributed by atoms with Crippen LogP contribution < -0.4 is 0 Å². The first kappa shape index (κ1) is 6.96. The van der Waals surface area contributed by atoms with Gasteiger partial charge in [-0.2, -0.15) is 0 Å². The number of aliphatic hydroxyl groups excluding tert-OH is 1. The highest BCUT2D eigenvalue weighted by Crippen LogP contribution is 2.04. The molecule has 0 amide bonds. The summed E-state index contributed by atoms with van der Waals surface area (Å²) in [7, 11) is 0. The standard InChI is InChI=1S/C6H14O/c1-4-5(2)6(3)7/h5-7H,4H2,1-3H3/t5?,6-/m0/s1. The molecule has 0 saturated heterocycles. The van der Waals surface area contributed by atoms with E-state index in [9.17, 15) is 0 Å². The molecule has 0 aliphatic heterocycles. The highest BCUT2D eigenvalue weighted by Gasteiger charge is 2.03. The van der Waals surface area contributed by atoms with E-state index in [0.717, 1.165) is 6.42 Å². The van der Waals surface area contributed by atoms with Gasteiger partial charge in [-0.15, -0.1) is 0 Å². The van der Waals surface area contributed by atoms with Crippen LogP contribution >= 0.6 is 0 Å². The lowest BCUT2D eigenvalue weighted by atomic mass is 10.0. The zero-order chi connectivity index (χ0) is 5.86. The van der Waals surface area contributed by atoms with E-state index in [1.807, 2.05) is 13.8 Å². The smallest absolute Gasteiger partial charge is 0.0537 e. The van der Waals surface area contributed by atoms with Crippen LogP contribution in [0.1, 0.15) is 27.2 Å². The highest BCUT2D eigenvalue weighted by molar-refractivity contribution is 4.54. The van der Waals surface area contributed by atoms with Crippen molar-refractivity contribution in [3.05, 3.63) is 0 Å². The first-order valence-corrected chi connectivity index (χ1v) is 2.86. The van der Waals surface area contributed by atoms with Crippen LogP contribution in [-0.2, 0) is 0 Å². The molecule has 0 fully saturated rings. The van der Waals surface area contributed by atoms with E-state index in [4.69, 9.17) is 5.11 Å². The molecule has 44 valence electrons. The molecular formula is C6H14O. The molecule has 2 atom stereocenters. The molecule has 0 saturated carbocycles. The second-order valence-corrected chi connectivity index (χ2v) is 2.13. The van der Waals surface area contributed by atoms with E-state index < -0.39 is 0 Å². The summed E-state index contributed by atoms with van der Waals surface area (Å²) in [5.74, 6) is 0.458. The van der Waals surface area contributed by atoms with Crippen molar-refractivity contribution in [2.45, 2.75) is 33.3 Å². The van der Waals surface area contributed by atoms with E-state index in [2.05, 4.69) is 6.92 Å². The molecule has 0 spiro atoms. The molecule has 7 heavy (non-hydrogen) atoms. The Bertz CT molecular complexity index is 41.4. The Hall–Kier alpha value is -0.0400. The van der Waals surface area contributed by atoms with Crippen LogP contribution in [0.5, 0.6) is 0 Å². The zero-order valence-electron chi connectivity index (χ0n) is 5.31. The molecule has 0 heterocycles. The number of hydrogen-bond acceptors (Lipinski definition) is 1. The topological polar surface area (TPSA) is 20.2 Å². The van der Waals surface area contributed by atoms with E-state index >= 15 is 0 Å². The van der Waals surface area contributed by atoms with Crippen molar-refractivity contribution in [3.63, 3.8) is 0 Å². The van der Waals surface area contributed by atoms with E-state index in [1.54, 1.807) is 0 Å². The third-order valence-corrected chi connectivity index (χ3v) is 1.47. The van der Waals surface area contributed by atoms with Crippen LogP contribution in [0.4, 0.5) is 0 Å². The molecule has 0 aromatic rings. The average Bonchev–Trinajstić information content (AvgIpc) is 1.65. The predicted octanol–water partition coefficient (Wildman–Crippen LogP) is 1.41. The summed E-state index contributed by atoms with van der Waals surface area (Å²) in [6, 6.07) is 0. The molecule has 0 radical (unpaired) electrons. The first-order valence-electron chi connectivity index (χ1n) is 2.86. The largest absolute Gasteiger partial charge is 0.393 e. The van der Waals surface area contributed by atoms with Crippen molar-refractivity contribution < 1.29 is 5.11 Å². The van der Waals surface area contributed by atoms with Gasteiger partial charge in [0.2, 0.25) is 0 Å². The summed E-state index contributed by atoms with van der Waals surface area (Å²) in [4.78, 5) is 0. The average molecular weight is 102 g/mol. The van der Waals surface area contributed by atoms with Gasteiger partial charge >= 0.3 is 0 Å². The molecule has 0 aliphatic carbocycles. The normalized spacial score (nSPS) is 18.9. The fourth-order valence-electron chi connectivity index (χ4n) is 0.341. The molecule has 1 heteroatoms. The molecule has 0 bridgehead atoms. The lowest BCUT2D eigenvalue weighted by molar-refractivity contribution is 0.133. The third-order valence-electron chi connectivity index (χ3n) is 1.47. The number of aliphatic hydroxyl groups is 1. The minimum atomic E-state index is -0.134. The molecule has 1 unspecified atom stereocenters. The maximum absolute atomic E-state index is 8.82. The number of hydrogen-bond donors (Lipinski definition) is 1. The van der Waals surface area contributed by atoms with Gasteiger partial charge in [0.25, 0.3) is 0 Å². The highest BCUT2D eigenvalue weighted by atomic mass is 16.3. The fourth-order valence-corrected chi connectivity index (χ4v) is 0.341. The molecule has 0 rings (SSSR count). The van der Waals surface area contributed by atoms with Gasteiger partial charge in [-0.05, 0) is 12.8 Å². The van der Waals surface area contributed by atoms with Crippen LogP contribution in [0.25, 0.3) is 0 Å². The number of rotatable bonds is 2. The van der Waals surface area contributed by atoms with Gasteiger partial charge in [0.05, 0.1) is 6.10 Å². The van der Waals surface area contributed by atoms with Crippen molar-refractivity contribution >= 4 is 0 Å². The van der Waals surface area contributed by atoms with Gasteiger partial charge < -0.3 is 5.11 Å². The van der Waals surface area contributed by atoms with Crippen molar-refractivity contribution in [2.75, 3.05) is 0 Å². The van der Waals surface area contributed by atoms with Crippen molar-refractivity contribution in [2.24, 2.45) is 5.92 Å². The Labute approximate surface area is 45.4 Å². The minimum Gasteiger partial charge on any atom is -0.393 e. The summed E-state index contributed by atoms with van der Waals surface area (Å²) < 4.78 is 0. The Kier molecular flexibility index (Phi) is 3.01. The second-order valence-electron chi connectivity index (χ2n) is 2.13. The third kappa shape index (κ3) is 2.63. The van der Waals surface area contributed by atoms with Crippen molar-refractivity contribution in [1.29, 1.82) is 0 Å². The van der Waals surface area contributed by atoms with Crippen LogP contribution in [0.15, 0.2) is 0 Å². The van der Waals surface area contributed by atoms with E-state index in [1.165, 1.54) is 0 Å². The summed E-state index contributed by atoms with van der Waals surface area (Å²) in [6.07, 6.45) is 0.933. The maximum atomic E-state index is 8.82. The molecule has 0 aliphatic rings. The molecule has 1 nitrogen and oxygen atoms in total. The van der Waals surface area contributed by atoms with Crippen LogP contribution in [0.2, 0.25) is 0 Å². The van der Waals surface area contributed by atoms with Crippen LogP contribution in [0.3, 0.4) is 0 Å². The molecular weight excluding hydrogens is 88.1 g/mol. The molecule has 1 N–H and O–H groups in total. The second kappa shape index (κ2) is 3.03.